The van der Waals surface area contributed by atoms with Crippen molar-refractivity contribution in [1.29, 1.82) is 0 Å². The van der Waals surface area contributed by atoms with Crippen molar-refractivity contribution in [2.75, 3.05) is 37.6 Å². The molecule has 5 nitrogen and oxygen atoms in total. The summed E-state index contributed by atoms with van der Waals surface area (Å²) in [5, 5.41) is 0.776. The van der Waals surface area contributed by atoms with Gasteiger partial charge < -0.3 is 20.1 Å². The summed E-state index contributed by atoms with van der Waals surface area (Å²) in [7, 11) is 0. The largest absolute Gasteiger partial charge is 0.341 e. The molecular weight excluding hydrogens is 454 g/mol. The average molecular weight is 496 g/mol. The van der Waals surface area contributed by atoms with Crippen molar-refractivity contribution < 1.29 is 0 Å². The molecule has 0 radical (unpaired) electrons. The Labute approximate surface area is 216 Å². The van der Waals surface area contributed by atoms with Crippen molar-refractivity contribution in [3.63, 3.8) is 0 Å². The predicted octanol–water partition coefficient (Wildman–Crippen LogP) is 6.15. The van der Waals surface area contributed by atoms with Crippen LogP contribution in [-0.2, 0) is 12.1 Å². The summed E-state index contributed by atoms with van der Waals surface area (Å²) in [5.41, 5.74) is 9.98. The fourth-order valence-electron chi connectivity index (χ4n) is 5.41. The normalized spacial score (nSPS) is 17.3. The Morgan fingerprint density at radius 2 is 1.71 bits per heavy atom. The van der Waals surface area contributed by atoms with Crippen molar-refractivity contribution in [2.24, 2.45) is 17.6 Å². The number of halogens is 1. The maximum Gasteiger partial charge on any atom is 0.206 e. The molecule has 2 N–H and O–H groups in total. The first-order valence-corrected chi connectivity index (χ1v) is 13.6. The van der Waals surface area contributed by atoms with E-state index < -0.39 is 5.54 Å². The number of rotatable bonds is 9. The molecule has 2 heterocycles. The number of hydrogen-bond donors (Lipinski definition) is 1. The van der Waals surface area contributed by atoms with E-state index in [0.29, 0.717) is 11.8 Å². The van der Waals surface area contributed by atoms with Gasteiger partial charge in [0.25, 0.3) is 0 Å². The highest BCUT2D eigenvalue weighted by Crippen LogP contribution is 2.36. The summed E-state index contributed by atoms with van der Waals surface area (Å²) in [4.78, 5) is 10.1. The van der Waals surface area contributed by atoms with Crippen LogP contribution in [0.5, 0.6) is 0 Å². The van der Waals surface area contributed by atoms with Crippen LogP contribution in [0, 0.1) is 11.8 Å². The molecule has 1 aliphatic heterocycles. The Morgan fingerprint density at radius 1 is 0.971 bits per heavy atom. The summed E-state index contributed by atoms with van der Waals surface area (Å²) in [6.07, 6.45) is 3.14. The van der Waals surface area contributed by atoms with Crippen molar-refractivity contribution in [3.05, 3.63) is 59.1 Å². The van der Waals surface area contributed by atoms with Crippen LogP contribution in [0.15, 0.2) is 48.5 Å². The van der Waals surface area contributed by atoms with E-state index in [1.807, 2.05) is 18.2 Å². The van der Waals surface area contributed by atoms with Crippen molar-refractivity contribution in [2.45, 2.75) is 59.0 Å². The summed E-state index contributed by atoms with van der Waals surface area (Å²) in [6, 6.07) is 16.6. The molecule has 0 aliphatic carbocycles. The van der Waals surface area contributed by atoms with E-state index in [1.54, 1.807) is 0 Å². The minimum absolute atomic E-state index is 0.316. The van der Waals surface area contributed by atoms with Gasteiger partial charge in [-0.2, -0.15) is 0 Å². The lowest BCUT2D eigenvalue weighted by atomic mass is 9.77. The summed E-state index contributed by atoms with van der Waals surface area (Å²) in [5.74, 6) is 2.02. The second kappa shape index (κ2) is 11.3. The Hall–Kier alpha value is -2.08. The Morgan fingerprint density at radius 3 is 2.46 bits per heavy atom. The van der Waals surface area contributed by atoms with Gasteiger partial charge >= 0.3 is 0 Å². The SMILES string of the molecule is CC(C)Cn1c(N2CCCN(CCCC(N)(c3ccccc3Cl)C(C)C)CC2)nc2ccccc21. The fourth-order valence-corrected chi connectivity index (χ4v) is 5.72. The third-order valence-electron chi connectivity index (χ3n) is 7.52. The van der Waals surface area contributed by atoms with Gasteiger partial charge in [-0.25, -0.2) is 4.98 Å². The fraction of sp³-hybridized carbons (Fsp3) is 0.552. The third-order valence-corrected chi connectivity index (χ3v) is 7.85. The van der Waals surface area contributed by atoms with E-state index in [2.05, 4.69) is 72.4 Å². The number of aromatic nitrogens is 2. The van der Waals surface area contributed by atoms with E-state index in [-0.39, 0.29) is 0 Å². The van der Waals surface area contributed by atoms with Crippen LogP contribution in [0.2, 0.25) is 5.02 Å². The van der Waals surface area contributed by atoms with E-state index >= 15 is 0 Å². The molecule has 1 atom stereocenters. The molecule has 1 aromatic heterocycles. The van der Waals surface area contributed by atoms with Crippen LogP contribution in [-0.4, -0.2) is 47.2 Å². The van der Waals surface area contributed by atoms with Crippen LogP contribution in [0.3, 0.4) is 0 Å². The van der Waals surface area contributed by atoms with Crippen molar-refractivity contribution in [3.8, 4) is 0 Å². The van der Waals surface area contributed by atoms with Gasteiger partial charge in [-0.3, -0.25) is 0 Å². The molecule has 1 fully saturated rings. The molecule has 0 amide bonds. The van der Waals surface area contributed by atoms with Gasteiger partial charge in [0.2, 0.25) is 5.95 Å². The van der Waals surface area contributed by atoms with Gasteiger partial charge in [-0.15, -0.1) is 0 Å². The van der Waals surface area contributed by atoms with E-state index in [0.717, 1.165) is 80.6 Å². The quantitative estimate of drug-likeness (QED) is 0.387. The molecule has 6 heteroatoms. The lowest BCUT2D eigenvalue weighted by molar-refractivity contribution is 0.241. The zero-order chi connectivity index (χ0) is 25.0. The lowest BCUT2D eigenvalue weighted by Crippen LogP contribution is -2.43. The second-order valence-electron chi connectivity index (χ2n) is 10.9. The van der Waals surface area contributed by atoms with Gasteiger partial charge in [0.15, 0.2) is 0 Å². The predicted molar refractivity (Wildman–Crippen MR) is 149 cm³/mol. The van der Waals surface area contributed by atoms with Crippen LogP contribution in [0.4, 0.5) is 5.95 Å². The van der Waals surface area contributed by atoms with E-state index in [4.69, 9.17) is 22.3 Å². The minimum Gasteiger partial charge on any atom is -0.341 e. The van der Waals surface area contributed by atoms with Crippen LogP contribution in [0.25, 0.3) is 11.0 Å². The molecule has 2 aromatic carbocycles. The number of nitrogens with zero attached hydrogens (tertiary/aromatic N) is 4. The highest BCUT2D eigenvalue weighted by Gasteiger charge is 2.32. The number of anilines is 1. The maximum absolute atomic E-state index is 6.98. The Balaban J connectivity index is 1.41. The molecule has 1 saturated heterocycles. The van der Waals surface area contributed by atoms with Gasteiger partial charge in [-0.1, -0.05) is 69.6 Å². The molecule has 190 valence electrons. The number of hydrogen-bond acceptors (Lipinski definition) is 4. The maximum atomic E-state index is 6.98. The molecule has 0 bridgehead atoms. The average Bonchev–Trinajstić information content (AvgIpc) is 3.01. The van der Waals surface area contributed by atoms with Crippen LogP contribution >= 0.6 is 11.6 Å². The molecule has 35 heavy (non-hydrogen) atoms. The summed E-state index contributed by atoms with van der Waals surface area (Å²) >= 11 is 6.55. The molecule has 1 unspecified atom stereocenters. The first-order chi connectivity index (χ1) is 16.8. The zero-order valence-electron chi connectivity index (χ0n) is 21.9. The van der Waals surface area contributed by atoms with Gasteiger partial charge in [-0.05, 0) is 68.0 Å². The smallest absolute Gasteiger partial charge is 0.206 e. The topological polar surface area (TPSA) is 50.3 Å². The van der Waals surface area contributed by atoms with Crippen LogP contribution in [0.1, 0.15) is 52.5 Å². The first-order valence-electron chi connectivity index (χ1n) is 13.3. The summed E-state index contributed by atoms with van der Waals surface area (Å²) < 4.78 is 2.42. The van der Waals surface area contributed by atoms with Gasteiger partial charge in [0, 0.05) is 36.7 Å². The van der Waals surface area contributed by atoms with Gasteiger partial charge in [0.1, 0.15) is 0 Å². The number of fused-ring (bicyclic) bond motifs is 1. The highest BCUT2D eigenvalue weighted by molar-refractivity contribution is 6.31. The minimum atomic E-state index is -0.405. The zero-order valence-corrected chi connectivity index (χ0v) is 22.6. The molecule has 4 rings (SSSR count). The Bertz CT molecular complexity index is 1110. The number of benzene rings is 2. The lowest BCUT2D eigenvalue weighted by Gasteiger charge is -2.36. The van der Waals surface area contributed by atoms with Crippen molar-refractivity contribution >= 4 is 28.6 Å². The molecule has 0 spiro atoms. The number of para-hydroxylation sites is 2. The second-order valence-corrected chi connectivity index (χ2v) is 11.3. The Kier molecular flexibility index (Phi) is 8.41. The van der Waals surface area contributed by atoms with Gasteiger partial charge in [0.05, 0.1) is 11.0 Å². The number of nitrogens with two attached hydrogens (primary N) is 1. The van der Waals surface area contributed by atoms with Crippen molar-refractivity contribution in [1.82, 2.24) is 14.5 Å². The standard InChI is InChI=1S/C29H42ClN5/c1-22(2)21-35-27-14-8-7-13-26(27)32-28(35)34-18-10-17-33(19-20-34)16-9-15-29(31,23(3)4)24-11-5-6-12-25(24)30/h5-8,11-14,22-23H,9-10,15-21,31H2,1-4H3. The third kappa shape index (κ3) is 5.84. The number of imidazole rings is 1. The van der Waals surface area contributed by atoms with E-state index in [9.17, 15) is 0 Å². The first kappa shape index (κ1) is 26.0. The van der Waals surface area contributed by atoms with E-state index in [1.165, 1.54) is 5.52 Å². The summed E-state index contributed by atoms with van der Waals surface area (Å²) in [6.45, 7) is 15.2. The molecule has 3 aromatic rings. The molecule has 1 aliphatic rings. The van der Waals surface area contributed by atoms with Crippen LogP contribution < -0.4 is 10.6 Å². The highest BCUT2D eigenvalue weighted by atomic mass is 35.5. The molecular formula is C29H42ClN5. The monoisotopic (exact) mass is 495 g/mol. The molecule has 0 saturated carbocycles.